The molecule has 2 aliphatic rings. The number of phenols is 1. The van der Waals surface area contributed by atoms with Gasteiger partial charge in [0.1, 0.15) is 23.1 Å². The monoisotopic (exact) mass is 504 g/mol. The van der Waals surface area contributed by atoms with Crippen molar-refractivity contribution in [3.05, 3.63) is 75.9 Å². The molecule has 4 rings (SSSR count). The molecular weight excluding hydrogens is 480 g/mol. The van der Waals surface area contributed by atoms with Crippen LogP contribution in [0.2, 0.25) is 0 Å². The Hall–Kier alpha value is -4.70. The van der Waals surface area contributed by atoms with Crippen LogP contribution >= 0.6 is 0 Å². The molecule has 0 bridgehead atoms. The van der Waals surface area contributed by atoms with E-state index in [1.165, 1.54) is 42.5 Å². The van der Waals surface area contributed by atoms with Crippen molar-refractivity contribution < 1.29 is 34.1 Å². The van der Waals surface area contributed by atoms with Gasteiger partial charge in [-0.25, -0.2) is 4.79 Å². The molecule has 190 valence electrons. The van der Waals surface area contributed by atoms with Crippen molar-refractivity contribution in [3.63, 3.8) is 0 Å². The third-order valence-corrected chi connectivity index (χ3v) is 6.00. The molecule has 37 heavy (non-hydrogen) atoms. The highest BCUT2D eigenvalue weighted by Crippen LogP contribution is 2.42. The number of aromatic hydroxyl groups is 1. The van der Waals surface area contributed by atoms with Crippen LogP contribution in [0.5, 0.6) is 5.75 Å². The predicted octanol–water partition coefficient (Wildman–Crippen LogP) is 3.28. The molecule has 10 heteroatoms. The summed E-state index contributed by atoms with van der Waals surface area (Å²) in [4.78, 5) is 47.6. The molecule has 2 aromatic rings. The maximum absolute atomic E-state index is 12.7. The highest BCUT2D eigenvalue weighted by molar-refractivity contribution is 6.09. The lowest BCUT2D eigenvalue weighted by Gasteiger charge is -2.17. The van der Waals surface area contributed by atoms with E-state index in [4.69, 9.17) is 15.3 Å². The Morgan fingerprint density at radius 2 is 1.70 bits per heavy atom. The normalized spacial score (nSPS) is 11.9. The quantitative estimate of drug-likeness (QED) is 0.169. The highest BCUT2D eigenvalue weighted by atomic mass is 16.4. The number of nitrogens with two attached hydrogens (primary N) is 1. The first-order chi connectivity index (χ1) is 17.7. The predicted molar refractivity (Wildman–Crippen MR) is 135 cm³/mol. The first kappa shape index (κ1) is 25.4. The van der Waals surface area contributed by atoms with Gasteiger partial charge < -0.3 is 30.8 Å². The maximum atomic E-state index is 12.7. The first-order valence-electron chi connectivity index (χ1n) is 11.5. The molecule has 0 unspecified atom stereocenters. The first-order valence-corrected chi connectivity index (χ1v) is 11.5. The van der Waals surface area contributed by atoms with Crippen molar-refractivity contribution in [1.29, 1.82) is 0 Å². The van der Waals surface area contributed by atoms with Crippen LogP contribution in [0.25, 0.3) is 33.4 Å². The average molecular weight is 504 g/mol. The summed E-state index contributed by atoms with van der Waals surface area (Å²) < 4.78 is 5.81. The number of carbonyl (C=O) groups is 3. The van der Waals surface area contributed by atoms with Gasteiger partial charge in [-0.3, -0.25) is 14.4 Å². The van der Waals surface area contributed by atoms with Crippen LogP contribution in [0.1, 0.15) is 40.0 Å². The minimum atomic E-state index is -1.26. The largest absolute Gasteiger partial charge is 0.508 e. The number of aromatic carboxylic acids is 1. The molecule has 0 aromatic heterocycles. The Morgan fingerprint density at radius 1 is 0.946 bits per heavy atom. The van der Waals surface area contributed by atoms with Crippen LogP contribution in [0, 0.1) is 0 Å². The number of carbonyl (C=O) groups excluding carboxylic acids is 1. The summed E-state index contributed by atoms with van der Waals surface area (Å²) in [6, 6.07) is 11.9. The number of unbranched alkanes of at least 4 members (excludes halogenated alkanes) is 1. The molecule has 0 saturated heterocycles. The van der Waals surface area contributed by atoms with Gasteiger partial charge in [0.05, 0.1) is 5.56 Å². The lowest BCUT2D eigenvalue weighted by molar-refractivity contribution is -0.138. The fourth-order valence-electron chi connectivity index (χ4n) is 4.15. The number of fused-ring (bicyclic) bond motifs is 2. The van der Waals surface area contributed by atoms with Crippen LogP contribution in [0.4, 0.5) is 0 Å². The molecule has 2 aromatic carbocycles. The number of benzene rings is 3. The van der Waals surface area contributed by atoms with Gasteiger partial charge in [0.2, 0.25) is 0 Å². The lowest BCUT2D eigenvalue weighted by Crippen LogP contribution is -2.30. The number of carboxylic acid groups (broad SMARTS) is 2. The summed E-state index contributed by atoms with van der Waals surface area (Å²) in [5.74, 6) is -2.65. The number of hydrogen-bond acceptors (Lipinski definition) is 7. The van der Waals surface area contributed by atoms with Crippen molar-refractivity contribution in [3.8, 4) is 28.2 Å². The summed E-state index contributed by atoms with van der Waals surface area (Å²) in [5.41, 5.74) is 6.72. The van der Waals surface area contributed by atoms with Gasteiger partial charge in [-0.05, 0) is 61.2 Å². The summed E-state index contributed by atoms with van der Waals surface area (Å²) in [5, 5.41) is 32.0. The summed E-state index contributed by atoms with van der Waals surface area (Å²) in [6.45, 7) is 0.270. The zero-order valence-corrected chi connectivity index (χ0v) is 19.6. The standard InChI is InChI=1S/C27H24N2O8/c28-21(27(35)36)3-1-2-10-29-25(32)14-4-7-17(20(11-14)26(33)34)24-18-8-5-15(30)12-22(18)37-23-13-16(31)6-9-19(23)24/h4-9,11-13,21,30H,1-3,10,28H2,(H,29,32)(H,33,34)(H,35,36)/t21-/m0/s1. The second-order valence-corrected chi connectivity index (χ2v) is 8.58. The van der Waals surface area contributed by atoms with Gasteiger partial charge in [0.15, 0.2) is 5.43 Å². The van der Waals surface area contributed by atoms with Gasteiger partial charge in [-0.1, -0.05) is 6.07 Å². The number of hydrogen-bond donors (Lipinski definition) is 5. The minimum absolute atomic E-state index is 0.0600. The number of nitrogens with one attached hydrogen (secondary N) is 1. The molecule has 6 N–H and O–H groups in total. The van der Waals surface area contributed by atoms with Crippen molar-refractivity contribution in [2.45, 2.75) is 25.3 Å². The van der Waals surface area contributed by atoms with Gasteiger partial charge in [0, 0.05) is 40.8 Å². The summed E-state index contributed by atoms with van der Waals surface area (Å²) >= 11 is 0. The number of aliphatic carboxylic acids is 1. The number of carboxylic acids is 2. The molecule has 0 radical (unpaired) electrons. The minimum Gasteiger partial charge on any atom is -0.508 e. The molecule has 1 aliphatic carbocycles. The van der Waals surface area contributed by atoms with E-state index >= 15 is 0 Å². The number of rotatable bonds is 9. The van der Waals surface area contributed by atoms with Gasteiger partial charge in [0.25, 0.3) is 5.91 Å². The molecule has 1 amide bonds. The molecule has 0 saturated carbocycles. The summed E-state index contributed by atoms with van der Waals surface area (Å²) in [7, 11) is 0. The van der Waals surface area contributed by atoms with Crippen LogP contribution in [-0.4, -0.2) is 45.8 Å². The second kappa shape index (κ2) is 10.5. The van der Waals surface area contributed by atoms with E-state index in [9.17, 15) is 29.4 Å². The van der Waals surface area contributed by atoms with E-state index in [0.717, 1.165) is 0 Å². The summed E-state index contributed by atoms with van der Waals surface area (Å²) in [6.07, 6.45) is 1.30. The van der Waals surface area contributed by atoms with E-state index in [0.29, 0.717) is 34.9 Å². The molecule has 10 nitrogen and oxygen atoms in total. The van der Waals surface area contributed by atoms with E-state index in [1.54, 1.807) is 12.1 Å². The highest BCUT2D eigenvalue weighted by Gasteiger charge is 2.23. The smallest absolute Gasteiger partial charge is 0.336 e. The van der Waals surface area contributed by atoms with E-state index < -0.39 is 23.9 Å². The molecule has 1 heterocycles. The van der Waals surface area contributed by atoms with Crippen molar-refractivity contribution in [2.75, 3.05) is 6.54 Å². The Kier molecular flexibility index (Phi) is 7.21. The Bertz CT molecular complexity index is 1540. The zero-order valence-electron chi connectivity index (χ0n) is 19.6. The fourth-order valence-corrected chi connectivity index (χ4v) is 4.15. The molecule has 0 spiro atoms. The van der Waals surface area contributed by atoms with E-state index in [-0.39, 0.29) is 46.6 Å². The number of phenolic OH excluding ortho intramolecular Hbond substituents is 1. The van der Waals surface area contributed by atoms with Crippen molar-refractivity contribution >= 4 is 28.8 Å². The SMILES string of the molecule is N[C@@H](CCCCNC(=O)c1ccc(-c2c3ccc(=O)cc-3oc3cc(O)ccc23)c(C(=O)O)c1)C(=O)O. The van der Waals surface area contributed by atoms with Crippen LogP contribution in [-0.2, 0) is 4.79 Å². The third kappa shape index (κ3) is 5.44. The molecular formula is C27H24N2O8. The molecule has 0 fully saturated rings. The Labute approximate surface area is 210 Å². The topological polar surface area (TPSA) is 180 Å². The maximum Gasteiger partial charge on any atom is 0.336 e. The fraction of sp³-hybridized carbons (Fsp3) is 0.185. The van der Waals surface area contributed by atoms with Crippen LogP contribution in [0.3, 0.4) is 0 Å². The Balaban J connectivity index is 1.68. The lowest BCUT2D eigenvalue weighted by atomic mass is 9.90. The molecule has 1 aliphatic heterocycles. The van der Waals surface area contributed by atoms with Gasteiger partial charge in [-0.2, -0.15) is 0 Å². The van der Waals surface area contributed by atoms with Crippen molar-refractivity contribution in [2.24, 2.45) is 5.73 Å². The average Bonchev–Trinajstić information content (AvgIpc) is 2.86. The van der Waals surface area contributed by atoms with E-state index in [1.807, 2.05) is 0 Å². The Morgan fingerprint density at radius 3 is 2.43 bits per heavy atom. The molecule has 1 atom stereocenters. The number of amides is 1. The second-order valence-electron chi connectivity index (χ2n) is 8.58. The third-order valence-electron chi connectivity index (χ3n) is 6.00. The van der Waals surface area contributed by atoms with Crippen molar-refractivity contribution in [1.82, 2.24) is 5.32 Å². The van der Waals surface area contributed by atoms with Crippen LogP contribution < -0.4 is 16.5 Å². The van der Waals surface area contributed by atoms with Gasteiger partial charge in [-0.15, -0.1) is 0 Å². The van der Waals surface area contributed by atoms with Crippen LogP contribution in [0.15, 0.2) is 63.8 Å². The van der Waals surface area contributed by atoms with E-state index in [2.05, 4.69) is 5.32 Å². The zero-order chi connectivity index (χ0) is 26.7. The van der Waals surface area contributed by atoms with Gasteiger partial charge >= 0.3 is 11.9 Å².